The molecule has 1 unspecified atom stereocenters. The molecule has 20 heavy (non-hydrogen) atoms. The molecule has 2 nitrogen and oxygen atoms in total. The van der Waals surface area contributed by atoms with E-state index in [1.165, 1.54) is 0 Å². The first-order chi connectivity index (χ1) is 9.49. The van der Waals surface area contributed by atoms with E-state index in [0.717, 1.165) is 26.3 Å². The first kappa shape index (κ1) is 15.3. The number of hydrogen-bond acceptors (Lipinski definition) is 2. The van der Waals surface area contributed by atoms with Crippen LogP contribution in [0.2, 0.25) is 5.02 Å². The summed E-state index contributed by atoms with van der Waals surface area (Å²) in [5.74, 6) is 0. The van der Waals surface area contributed by atoms with Gasteiger partial charge in [-0.2, -0.15) is 0 Å². The fourth-order valence-electron chi connectivity index (χ4n) is 1.99. The van der Waals surface area contributed by atoms with Crippen LogP contribution in [0.15, 0.2) is 46.9 Å². The molecule has 5 heteroatoms. The lowest BCUT2D eigenvalue weighted by molar-refractivity contribution is 0.884. The number of nitrogens with one attached hydrogen (secondary N) is 1. The molecule has 0 bridgehead atoms. The predicted octanol–water partition coefficient (Wildman–Crippen LogP) is 4.91. The smallest absolute Gasteiger partial charge is 0.106 e. The van der Waals surface area contributed by atoms with Crippen molar-refractivity contribution in [2.75, 3.05) is 5.32 Å². The van der Waals surface area contributed by atoms with Crippen LogP contribution < -0.4 is 11.1 Å². The molecule has 104 valence electrons. The Hall–Kier alpha value is -1.10. The summed E-state index contributed by atoms with van der Waals surface area (Å²) < 4.78 is 0.964. The second-order valence-electron chi connectivity index (χ2n) is 4.44. The van der Waals surface area contributed by atoms with E-state index in [4.69, 9.17) is 29.6 Å². The lowest BCUT2D eigenvalue weighted by Crippen LogP contribution is -2.15. The molecule has 0 aromatic heterocycles. The zero-order valence-corrected chi connectivity index (χ0v) is 14.0. The van der Waals surface area contributed by atoms with E-state index in [2.05, 4.69) is 21.2 Å². The highest BCUT2D eigenvalue weighted by molar-refractivity contribution is 9.10. The van der Waals surface area contributed by atoms with E-state index in [0.29, 0.717) is 4.99 Å². The summed E-state index contributed by atoms with van der Waals surface area (Å²) in [6.07, 6.45) is 0. The average Bonchev–Trinajstić information content (AvgIpc) is 2.38. The molecular weight excluding hydrogens is 356 g/mol. The van der Waals surface area contributed by atoms with Gasteiger partial charge in [-0.25, -0.2) is 0 Å². The third kappa shape index (κ3) is 3.51. The number of nitrogens with two attached hydrogens (primary N) is 1. The first-order valence-corrected chi connectivity index (χ1v) is 7.67. The Morgan fingerprint density at radius 3 is 2.65 bits per heavy atom. The lowest BCUT2D eigenvalue weighted by atomic mass is 10.1. The molecule has 1 atom stereocenters. The number of halogens is 2. The van der Waals surface area contributed by atoms with Gasteiger partial charge >= 0.3 is 0 Å². The summed E-state index contributed by atoms with van der Waals surface area (Å²) in [6.45, 7) is 2.05. The number of hydrogen-bond donors (Lipinski definition) is 2. The van der Waals surface area contributed by atoms with E-state index < -0.39 is 0 Å². The van der Waals surface area contributed by atoms with Crippen LogP contribution in [0.3, 0.4) is 0 Å². The zero-order chi connectivity index (χ0) is 14.7. The van der Waals surface area contributed by atoms with Crippen molar-refractivity contribution in [3.8, 4) is 0 Å². The van der Waals surface area contributed by atoms with Crippen LogP contribution in [0.5, 0.6) is 0 Å². The Morgan fingerprint density at radius 2 is 2.00 bits per heavy atom. The van der Waals surface area contributed by atoms with Crippen molar-refractivity contribution in [1.29, 1.82) is 0 Å². The minimum atomic E-state index is 0.0473. The van der Waals surface area contributed by atoms with E-state index in [1.807, 2.05) is 49.4 Å². The number of thiocarbonyl (C=S) groups is 1. The van der Waals surface area contributed by atoms with Crippen LogP contribution in [0.4, 0.5) is 5.69 Å². The fourth-order valence-corrected chi connectivity index (χ4v) is 2.83. The standard InChI is InChI=1S/C15H14BrClN2S/c1-9(11-4-2-3-5-13(11)17)19-14-8-10(16)6-7-12(14)15(18)20/h2-9,19H,1H3,(H2,18,20). The van der Waals surface area contributed by atoms with Crippen molar-refractivity contribution in [3.63, 3.8) is 0 Å². The summed E-state index contributed by atoms with van der Waals surface area (Å²) in [5, 5.41) is 4.14. The zero-order valence-electron chi connectivity index (χ0n) is 10.9. The number of anilines is 1. The fraction of sp³-hybridized carbons (Fsp3) is 0.133. The van der Waals surface area contributed by atoms with Crippen LogP contribution in [0, 0.1) is 0 Å². The second-order valence-corrected chi connectivity index (χ2v) is 6.20. The Bertz CT molecular complexity index is 646. The third-order valence-corrected chi connectivity index (χ3v) is 4.05. The molecule has 3 N–H and O–H groups in total. The number of benzene rings is 2. The van der Waals surface area contributed by atoms with Gasteiger partial charge in [0.15, 0.2) is 0 Å². The predicted molar refractivity (Wildman–Crippen MR) is 93.5 cm³/mol. The molecule has 0 heterocycles. The van der Waals surface area contributed by atoms with Crippen molar-refractivity contribution in [1.82, 2.24) is 0 Å². The van der Waals surface area contributed by atoms with Gasteiger partial charge in [-0.1, -0.05) is 57.9 Å². The SMILES string of the molecule is CC(Nc1cc(Br)ccc1C(N)=S)c1ccccc1Cl. The Kier molecular flexibility index (Phi) is 5.02. The summed E-state index contributed by atoms with van der Waals surface area (Å²) in [6, 6.07) is 13.6. The van der Waals surface area contributed by atoms with Gasteiger partial charge in [-0.3, -0.25) is 0 Å². The second kappa shape index (κ2) is 6.57. The number of rotatable bonds is 4. The van der Waals surface area contributed by atoms with Crippen molar-refractivity contribution < 1.29 is 0 Å². The molecule has 0 saturated carbocycles. The largest absolute Gasteiger partial charge is 0.389 e. The van der Waals surface area contributed by atoms with Gasteiger partial charge < -0.3 is 11.1 Å². The van der Waals surface area contributed by atoms with Gasteiger partial charge in [0.05, 0.1) is 6.04 Å². The summed E-state index contributed by atoms with van der Waals surface area (Å²) in [4.78, 5) is 0.367. The Labute approximate surface area is 137 Å². The van der Waals surface area contributed by atoms with Gasteiger partial charge in [0.25, 0.3) is 0 Å². The minimum absolute atomic E-state index is 0.0473. The van der Waals surface area contributed by atoms with Crippen molar-refractivity contribution in [2.24, 2.45) is 5.73 Å². The van der Waals surface area contributed by atoms with E-state index in [9.17, 15) is 0 Å². The van der Waals surface area contributed by atoms with Gasteiger partial charge in [-0.15, -0.1) is 0 Å². The molecule has 0 aliphatic carbocycles. The van der Waals surface area contributed by atoms with Gasteiger partial charge in [0.2, 0.25) is 0 Å². The van der Waals surface area contributed by atoms with Crippen LogP contribution in [0.25, 0.3) is 0 Å². The summed E-state index contributed by atoms with van der Waals surface area (Å²) in [5.41, 5.74) is 8.50. The highest BCUT2D eigenvalue weighted by Crippen LogP contribution is 2.29. The lowest BCUT2D eigenvalue weighted by Gasteiger charge is -2.19. The van der Waals surface area contributed by atoms with Gasteiger partial charge in [-0.05, 0) is 36.8 Å². The van der Waals surface area contributed by atoms with Crippen LogP contribution in [-0.4, -0.2) is 4.99 Å². The first-order valence-electron chi connectivity index (χ1n) is 6.09. The molecule has 0 amide bonds. The monoisotopic (exact) mass is 368 g/mol. The molecule has 0 fully saturated rings. The summed E-state index contributed by atoms with van der Waals surface area (Å²) >= 11 is 14.8. The maximum Gasteiger partial charge on any atom is 0.106 e. The molecule has 0 aliphatic rings. The molecule has 2 rings (SSSR count). The molecule has 2 aromatic carbocycles. The normalized spacial score (nSPS) is 11.9. The van der Waals surface area contributed by atoms with E-state index >= 15 is 0 Å². The molecule has 0 aliphatic heterocycles. The van der Waals surface area contributed by atoms with Gasteiger partial charge in [0, 0.05) is 20.7 Å². The van der Waals surface area contributed by atoms with E-state index in [1.54, 1.807) is 0 Å². The van der Waals surface area contributed by atoms with Crippen molar-refractivity contribution in [2.45, 2.75) is 13.0 Å². The van der Waals surface area contributed by atoms with Crippen molar-refractivity contribution in [3.05, 3.63) is 63.1 Å². The summed E-state index contributed by atoms with van der Waals surface area (Å²) in [7, 11) is 0. The van der Waals surface area contributed by atoms with Crippen LogP contribution in [0.1, 0.15) is 24.1 Å². The molecule has 0 saturated heterocycles. The highest BCUT2D eigenvalue weighted by Gasteiger charge is 2.12. The topological polar surface area (TPSA) is 38.0 Å². The van der Waals surface area contributed by atoms with Gasteiger partial charge in [0.1, 0.15) is 4.99 Å². The third-order valence-electron chi connectivity index (χ3n) is 2.99. The molecule has 0 spiro atoms. The molecule has 2 aromatic rings. The Morgan fingerprint density at radius 1 is 1.30 bits per heavy atom. The van der Waals surface area contributed by atoms with E-state index in [-0.39, 0.29) is 6.04 Å². The van der Waals surface area contributed by atoms with Crippen LogP contribution in [-0.2, 0) is 0 Å². The Balaban J connectivity index is 2.32. The highest BCUT2D eigenvalue weighted by atomic mass is 79.9. The maximum atomic E-state index is 6.22. The minimum Gasteiger partial charge on any atom is -0.389 e. The molecular formula is C15H14BrClN2S. The quantitative estimate of drug-likeness (QED) is 0.752. The van der Waals surface area contributed by atoms with Crippen LogP contribution >= 0.6 is 39.7 Å². The average molecular weight is 370 g/mol. The van der Waals surface area contributed by atoms with Crippen molar-refractivity contribution >= 4 is 50.4 Å². The molecule has 0 radical (unpaired) electrons. The maximum absolute atomic E-state index is 6.22.